The van der Waals surface area contributed by atoms with E-state index >= 15 is 0 Å². The fourth-order valence-electron chi connectivity index (χ4n) is 4.42. The van der Waals surface area contributed by atoms with Gasteiger partial charge in [-0.05, 0) is 62.3 Å². The molecule has 174 valence electrons. The van der Waals surface area contributed by atoms with Crippen molar-refractivity contribution in [2.45, 2.75) is 71.6 Å². The first-order chi connectivity index (χ1) is 15.5. The minimum absolute atomic E-state index is 0.125. The van der Waals surface area contributed by atoms with Gasteiger partial charge in [0, 0.05) is 23.3 Å². The maximum atomic E-state index is 14.7. The van der Waals surface area contributed by atoms with Gasteiger partial charge in [0.15, 0.2) is 0 Å². The highest BCUT2D eigenvalue weighted by atomic mass is 19.1. The second-order valence-corrected chi connectivity index (χ2v) is 8.77. The third-order valence-corrected chi connectivity index (χ3v) is 6.28. The fourth-order valence-corrected chi connectivity index (χ4v) is 4.42. The van der Waals surface area contributed by atoms with Crippen LogP contribution in [0.25, 0.3) is 11.1 Å². The van der Waals surface area contributed by atoms with Gasteiger partial charge in [-0.25, -0.2) is 8.78 Å². The lowest BCUT2D eigenvalue weighted by atomic mass is 9.80. The smallest absolute Gasteiger partial charge is 0.314 e. The third-order valence-electron chi connectivity index (χ3n) is 6.28. The Bertz CT molecular complexity index is 888. The summed E-state index contributed by atoms with van der Waals surface area (Å²) in [6.07, 6.45) is 9.15. The first kappa shape index (κ1) is 24.2. The lowest BCUT2D eigenvalue weighted by Crippen LogP contribution is -2.25. The largest absolute Gasteiger partial charge is 0.493 e. The molecule has 32 heavy (non-hydrogen) atoms. The summed E-state index contributed by atoms with van der Waals surface area (Å²) in [6.45, 7) is 4.82. The summed E-state index contributed by atoms with van der Waals surface area (Å²) in [6, 6.07) is 8.58. The quantitative estimate of drug-likeness (QED) is 0.214. The van der Waals surface area contributed by atoms with E-state index in [2.05, 4.69) is 13.8 Å². The molecule has 0 radical (unpaired) electrons. The summed E-state index contributed by atoms with van der Waals surface area (Å²) >= 11 is 0. The van der Waals surface area contributed by atoms with Gasteiger partial charge < -0.3 is 9.47 Å². The summed E-state index contributed by atoms with van der Waals surface area (Å²) in [5, 5.41) is 0. The van der Waals surface area contributed by atoms with Crippen LogP contribution in [0.4, 0.5) is 8.78 Å². The van der Waals surface area contributed by atoms with Crippen LogP contribution in [-0.2, 0) is 4.79 Å². The Morgan fingerprint density at radius 1 is 0.875 bits per heavy atom. The van der Waals surface area contributed by atoms with E-state index in [0.29, 0.717) is 18.3 Å². The molecule has 0 amide bonds. The Morgan fingerprint density at radius 3 is 2.09 bits per heavy atom. The Morgan fingerprint density at radius 2 is 1.50 bits per heavy atom. The van der Waals surface area contributed by atoms with Gasteiger partial charge in [-0.2, -0.15) is 0 Å². The van der Waals surface area contributed by atoms with Gasteiger partial charge in [0.1, 0.15) is 23.1 Å². The first-order valence-corrected chi connectivity index (χ1v) is 12.0. The van der Waals surface area contributed by atoms with Crippen LogP contribution in [0.15, 0.2) is 36.4 Å². The van der Waals surface area contributed by atoms with Crippen molar-refractivity contribution >= 4 is 5.97 Å². The first-order valence-electron chi connectivity index (χ1n) is 12.0. The van der Waals surface area contributed by atoms with E-state index < -0.39 is 11.6 Å². The summed E-state index contributed by atoms with van der Waals surface area (Å²) in [4.78, 5) is 12.5. The number of carbonyl (C=O) groups excluding carboxylic acids is 1. The van der Waals surface area contributed by atoms with E-state index in [9.17, 15) is 13.6 Å². The van der Waals surface area contributed by atoms with Crippen molar-refractivity contribution in [2.24, 2.45) is 11.8 Å². The summed E-state index contributed by atoms with van der Waals surface area (Å²) < 4.78 is 40.3. The predicted molar refractivity (Wildman–Crippen MR) is 123 cm³/mol. The number of esters is 1. The minimum Gasteiger partial charge on any atom is -0.493 e. The minimum atomic E-state index is -0.627. The molecule has 3 nitrogen and oxygen atoms in total. The molecule has 2 aromatic rings. The average Bonchev–Trinajstić information content (AvgIpc) is 2.78. The van der Waals surface area contributed by atoms with Crippen LogP contribution < -0.4 is 9.47 Å². The molecule has 1 fully saturated rings. The zero-order valence-corrected chi connectivity index (χ0v) is 19.2. The predicted octanol–water partition coefficient (Wildman–Crippen LogP) is 7.71. The number of unbranched alkanes of at least 4 members (excludes halogenated alkanes) is 2. The van der Waals surface area contributed by atoms with Gasteiger partial charge in [0.05, 0.1) is 12.5 Å². The molecule has 0 heterocycles. The van der Waals surface area contributed by atoms with E-state index in [0.717, 1.165) is 51.0 Å². The highest BCUT2D eigenvalue weighted by Gasteiger charge is 2.27. The van der Waals surface area contributed by atoms with Gasteiger partial charge in [0.2, 0.25) is 0 Å². The molecular weight excluding hydrogens is 410 g/mol. The molecule has 2 aromatic carbocycles. The highest BCUT2D eigenvalue weighted by molar-refractivity contribution is 5.75. The average molecular weight is 445 g/mol. The molecular formula is C27H34F2O3. The van der Waals surface area contributed by atoms with E-state index in [1.54, 1.807) is 6.07 Å². The lowest BCUT2D eigenvalue weighted by molar-refractivity contribution is -0.140. The summed E-state index contributed by atoms with van der Waals surface area (Å²) in [5.74, 6) is -0.326. The monoisotopic (exact) mass is 444 g/mol. The number of benzene rings is 2. The maximum absolute atomic E-state index is 14.7. The Balaban J connectivity index is 1.61. The van der Waals surface area contributed by atoms with Crippen LogP contribution in [-0.4, -0.2) is 12.6 Å². The zero-order valence-electron chi connectivity index (χ0n) is 19.2. The molecule has 0 aliphatic heterocycles. The van der Waals surface area contributed by atoms with Crippen LogP contribution in [0, 0.1) is 23.5 Å². The lowest BCUT2D eigenvalue weighted by Gasteiger charge is -2.26. The number of halogens is 2. The van der Waals surface area contributed by atoms with Crippen LogP contribution in [0.5, 0.6) is 11.5 Å². The molecule has 0 atom stereocenters. The van der Waals surface area contributed by atoms with E-state index in [1.165, 1.54) is 37.1 Å². The molecule has 5 heteroatoms. The second-order valence-electron chi connectivity index (χ2n) is 8.77. The third kappa shape index (κ3) is 6.54. The SMILES string of the molecule is CCCCCOc1ccc(-c2ccc(OC(=O)C3CCC(CCC)CC3)cc2F)c(F)c1. The molecule has 0 bridgehead atoms. The van der Waals surface area contributed by atoms with Crippen LogP contribution >= 0.6 is 0 Å². The normalized spacial score (nSPS) is 18.4. The van der Waals surface area contributed by atoms with Crippen LogP contribution in [0.3, 0.4) is 0 Å². The Kier molecular flexibility index (Phi) is 9.07. The van der Waals surface area contributed by atoms with Crippen molar-refractivity contribution in [3.8, 4) is 22.6 Å². The number of hydrogen-bond acceptors (Lipinski definition) is 3. The second kappa shape index (κ2) is 12.0. The van der Waals surface area contributed by atoms with Crippen molar-refractivity contribution in [2.75, 3.05) is 6.61 Å². The number of hydrogen-bond donors (Lipinski definition) is 0. The van der Waals surface area contributed by atoms with Gasteiger partial charge in [0.25, 0.3) is 0 Å². The van der Waals surface area contributed by atoms with Gasteiger partial charge in [-0.1, -0.05) is 39.5 Å². The maximum Gasteiger partial charge on any atom is 0.314 e. The molecule has 1 aliphatic carbocycles. The summed E-state index contributed by atoms with van der Waals surface area (Å²) in [7, 11) is 0. The zero-order chi connectivity index (χ0) is 22.9. The topological polar surface area (TPSA) is 35.5 Å². The van der Waals surface area contributed by atoms with Crippen molar-refractivity contribution in [1.82, 2.24) is 0 Å². The van der Waals surface area contributed by atoms with Crippen molar-refractivity contribution in [1.29, 1.82) is 0 Å². The van der Waals surface area contributed by atoms with Crippen molar-refractivity contribution in [3.05, 3.63) is 48.0 Å². The molecule has 0 saturated heterocycles. The Hall–Kier alpha value is -2.43. The molecule has 3 rings (SSSR count). The van der Waals surface area contributed by atoms with Crippen LogP contribution in [0.2, 0.25) is 0 Å². The molecule has 1 saturated carbocycles. The highest BCUT2D eigenvalue weighted by Crippen LogP contribution is 2.34. The molecule has 0 N–H and O–H groups in total. The van der Waals surface area contributed by atoms with Crippen molar-refractivity contribution in [3.63, 3.8) is 0 Å². The Labute approximate surface area is 190 Å². The van der Waals surface area contributed by atoms with Gasteiger partial charge in [-0.15, -0.1) is 0 Å². The van der Waals surface area contributed by atoms with E-state index in [1.807, 2.05) is 0 Å². The molecule has 0 unspecified atom stereocenters. The summed E-state index contributed by atoms with van der Waals surface area (Å²) in [5.41, 5.74) is 0.274. The number of carbonyl (C=O) groups is 1. The van der Waals surface area contributed by atoms with E-state index in [-0.39, 0.29) is 28.8 Å². The van der Waals surface area contributed by atoms with Gasteiger partial charge >= 0.3 is 5.97 Å². The molecule has 1 aliphatic rings. The van der Waals surface area contributed by atoms with E-state index in [4.69, 9.17) is 9.47 Å². The molecule has 0 aromatic heterocycles. The fraction of sp³-hybridized carbons (Fsp3) is 0.519. The van der Waals surface area contributed by atoms with Gasteiger partial charge in [-0.3, -0.25) is 4.79 Å². The standard InChI is InChI=1S/C27H34F2O3/c1-3-5-6-16-31-21-12-14-23(25(28)17-21)24-15-13-22(18-26(24)29)32-27(30)20-10-8-19(7-4-2)9-11-20/h12-15,17-20H,3-11,16H2,1-2H3. The van der Waals surface area contributed by atoms with Crippen LogP contribution in [0.1, 0.15) is 71.6 Å². The number of rotatable bonds is 10. The number of ether oxygens (including phenoxy) is 2. The molecule has 0 spiro atoms. The van der Waals surface area contributed by atoms with Crippen molar-refractivity contribution < 1.29 is 23.0 Å².